The molecule has 11 heavy (non-hydrogen) atoms. The largest absolute Gasteiger partial charge is 0.481 e. The van der Waals surface area contributed by atoms with Gasteiger partial charge in [-0.2, -0.15) is 0 Å². The second kappa shape index (κ2) is 3.85. The zero-order valence-electron chi connectivity index (χ0n) is 5.33. The Morgan fingerprint density at radius 3 is 2.00 bits per heavy atom. The third kappa shape index (κ3) is 3.49. The van der Waals surface area contributed by atoms with Crippen molar-refractivity contribution in [2.75, 3.05) is 0 Å². The number of alkyl halides is 2. The van der Waals surface area contributed by atoms with E-state index in [-0.39, 0.29) is 0 Å². The lowest BCUT2D eigenvalue weighted by Gasteiger charge is -2.05. The molecule has 0 aliphatic heterocycles. The first kappa shape index (κ1) is 9.80. The van der Waals surface area contributed by atoms with Crippen molar-refractivity contribution >= 4 is 11.9 Å². The van der Waals surface area contributed by atoms with Gasteiger partial charge in [0.1, 0.15) is 0 Å². The van der Waals surface area contributed by atoms with E-state index in [0.717, 1.165) is 0 Å². The number of rotatable bonds is 4. The Kier molecular flexibility index (Phi) is 3.43. The molecule has 0 aromatic carbocycles. The highest BCUT2D eigenvalue weighted by Gasteiger charge is 2.29. The second-order valence-corrected chi connectivity index (χ2v) is 1.85. The molecule has 0 rings (SSSR count). The topological polar surface area (TPSA) is 74.6 Å². The maximum atomic E-state index is 12.2. The van der Waals surface area contributed by atoms with Crippen LogP contribution in [0.2, 0.25) is 0 Å². The van der Waals surface area contributed by atoms with Crippen LogP contribution >= 0.6 is 0 Å². The summed E-state index contributed by atoms with van der Waals surface area (Å²) in [5.74, 6) is -3.56. The van der Waals surface area contributed by atoms with Gasteiger partial charge < -0.3 is 10.2 Å². The van der Waals surface area contributed by atoms with Gasteiger partial charge in [-0.25, -0.2) is 13.6 Å². The van der Waals surface area contributed by atoms with Gasteiger partial charge in [0.05, 0.1) is 6.42 Å². The lowest BCUT2D eigenvalue weighted by molar-refractivity contribution is -0.147. The molecule has 0 heterocycles. The lowest BCUT2D eigenvalue weighted by Crippen LogP contribution is -2.28. The van der Waals surface area contributed by atoms with Crippen molar-refractivity contribution in [2.45, 2.75) is 18.8 Å². The second-order valence-electron chi connectivity index (χ2n) is 1.85. The van der Waals surface area contributed by atoms with Gasteiger partial charge in [0.15, 0.2) is 6.17 Å². The SMILES string of the molecule is O=C(O)CC(F)C(F)C(=O)O. The minimum atomic E-state index is -2.76. The summed E-state index contributed by atoms with van der Waals surface area (Å²) in [6.45, 7) is 0. The Morgan fingerprint density at radius 1 is 1.27 bits per heavy atom. The van der Waals surface area contributed by atoms with Crippen molar-refractivity contribution < 1.29 is 28.6 Å². The average molecular weight is 168 g/mol. The van der Waals surface area contributed by atoms with Crippen LogP contribution in [0.5, 0.6) is 0 Å². The molecule has 2 unspecified atom stereocenters. The average Bonchev–Trinajstić information content (AvgIpc) is 1.84. The van der Waals surface area contributed by atoms with Gasteiger partial charge in [-0.1, -0.05) is 0 Å². The Bertz CT molecular complexity index is 170. The van der Waals surface area contributed by atoms with Gasteiger partial charge in [0.25, 0.3) is 0 Å². The van der Waals surface area contributed by atoms with Crippen LogP contribution in [0.4, 0.5) is 8.78 Å². The van der Waals surface area contributed by atoms with E-state index in [1.54, 1.807) is 0 Å². The first-order valence-corrected chi connectivity index (χ1v) is 2.68. The zero-order valence-corrected chi connectivity index (χ0v) is 5.33. The van der Waals surface area contributed by atoms with Gasteiger partial charge in [0.2, 0.25) is 6.17 Å². The van der Waals surface area contributed by atoms with E-state index in [1.165, 1.54) is 0 Å². The maximum Gasteiger partial charge on any atom is 0.341 e. The van der Waals surface area contributed by atoms with E-state index in [9.17, 15) is 18.4 Å². The van der Waals surface area contributed by atoms with E-state index < -0.39 is 30.7 Å². The summed E-state index contributed by atoms with van der Waals surface area (Å²) in [6, 6.07) is 0. The molecule has 0 aliphatic carbocycles. The Hall–Kier alpha value is -1.20. The van der Waals surface area contributed by atoms with Gasteiger partial charge in [-0.3, -0.25) is 4.79 Å². The number of aliphatic carboxylic acids is 2. The van der Waals surface area contributed by atoms with Crippen molar-refractivity contribution in [1.29, 1.82) is 0 Å². The van der Waals surface area contributed by atoms with Crippen LogP contribution < -0.4 is 0 Å². The number of carbonyl (C=O) groups is 2. The summed E-state index contributed by atoms with van der Waals surface area (Å²) < 4.78 is 24.2. The highest BCUT2D eigenvalue weighted by atomic mass is 19.2. The van der Waals surface area contributed by atoms with Crippen LogP contribution in [0.1, 0.15) is 6.42 Å². The van der Waals surface area contributed by atoms with Crippen molar-refractivity contribution in [3.05, 3.63) is 0 Å². The molecule has 0 aromatic rings. The van der Waals surface area contributed by atoms with Crippen molar-refractivity contribution in [3.63, 3.8) is 0 Å². The van der Waals surface area contributed by atoms with Crippen LogP contribution in [0.25, 0.3) is 0 Å². The molecule has 0 saturated heterocycles. The smallest absolute Gasteiger partial charge is 0.341 e. The molecule has 64 valence electrons. The quantitative estimate of drug-likeness (QED) is 0.629. The molecular formula is C5H6F2O4. The molecule has 0 amide bonds. The first-order chi connectivity index (χ1) is 4.95. The van der Waals surface area contributed by atoms with Gasteiger partial charge in [0, 0.05) is 0 Å². The van der Waals surface area contributed by atoms with Crippen molar-refractivity contribution in [2.24, 2.45) is 0 Å². The molecule has 2 N–H and O–H groups in total. The summed E-state index contributed by atoms with van der Waals surface area (Å²) in [7, 11) is 0. The van der Waals surface area contributed by atoms with E-state index in [1.807, 2.05) is 0 Å². The molecule has 0 aromatic heterocycles. The number of carboxylic acids is 2. The molecule has 0 aliphatic rings. The number of carboxylic acid groups (broad SMARTS) is 2. The van der Waals surface area contributed by atoms with Gasteiger partial charge in [-0.15, -0.1) is 0 Å². The Morgan fingerprint density at radius 2 is 1.73 bits per heavy atom. The van der Waals surface area contributed by atoms with Crippen LogP contribution in [-0.4, -0.2) is 34.5 Å². The summed E-state index contributed by atoms with van der Waals surface area (Å²) in [5.41, 5.74) is 0. The number of hydrogen-bond acceptors (Lipinski definition) is 2. The fourth-order valence-electron chi connectivity index (χ4n) is 0.425. The highest BCUT2D eigenvalue weighted by Crippen LogP contribution is 2.08. The monoisotopic (exact) mass is 168 g/mol. The molecule has 0 spiro atoms. The summed E-state index contributed by atoms with van der Waals surface area (Å²) in [6.07, 6.45) is -6.37. The molecule has 0 radical (unpaired) electrons. The predicted octanol–water partition coefficient (Wildman–Crippen LogP) is 0.222. The van der Waals surface area contributed by atoms with Crippen molar-refractivity contribution in [3.8, 4) is 0 Å². The molecule has 2 atom stereocenters. The molecular weight excluding hydrogens is 162 g/mol. The Balaban J connectivity index is 3.92. The standard InChI is InChI=1S/C5H6F2O4/c6-2(1-3(8)9)4(7)5(10)11/h2,4H,1H2,(H,8,9)(H,10,11). The third-order valence-corrected chi connectivity index (χ3v) is 0.923. The fraction of sp³-hybridized carbons (Fsp3) is 0.600. The van der Waals surface area contributed by atoms with Crippen LogP contribution in [0, 0.1) is 0 Å². The normalized spacial score (nSPS) is 15.5. The third-order valence-electron chi connectivity index (χ3n) is 0.923. The maximum absolute atomic E-state index is 12.2. The van der Waals surface area contributed by atoms with E-state index in [4.69, 9.17) is 10.2 Å². The molecule has 0 bridgehead atoms. The van der Waals surface area contributed by atoms with Crippen LogP contribution in [0.3, 0.4) is 0 Å². The molecule has 4 nitrogen and oxygen atoms in total. The fourth-order valence-corrected chi connectivity index (χ4v) is 0.425. The summed E-state index contributed by atoms with van der Waals surface area (Å²) >= 11 is 0. The highest BCUT2D eigenvalue weighted by molar-refractivity contribution is 5.75. The van der Waals surface area contributed by atoms with Crippen LogP contribution in [-0.2, 0) is 9.59 Å². The van der Waals surface area contributed by atoms with E-state index in [0.29, 0.717) is 0 Å². The minimum Gasteiger partial charge on any atom is -0.481 e. The van der Waals surface area contributed by atoms with E-state index >= 15 is 0 Å². The van der Waals surface area contributed by atoms with Gasteiger partial charge >= 0.3 is 11.9 Å². The predicted molar refractivity (Wildman–Crippen MR) is 29.7 cm³/mol. The lowest BCUT2D eigenvalue weighted by atomic mass is 10.2. The minimum absolute atomic E-state index is 1.13. The van der Waals surface area contributed by atoms with E-state index in [2.05, 4.69) is 0 Å². The molecule has 0 saturated carbocycles. The summed E-state index contributed by atoms with van der Waals surface area (Å²) in [4.78, 5) is 19.5. The zero-order chi connectivity index (χ0) is 9.02. The van der Waals surface area contributed by atoms with Crippen LogP contribution in [0.15, 0.2) is 0 Å². The number of hydrogen-bond donors (Lipinski definition) is 2. The number of halogens is 2. The molecule has 0 fully saturated rings. The van der Waals surface area contributed by atoms with Crippen molar-refractivity contribution in [1.82, 2.24) is 0 Å². The van der Waals surface area contributed by atoms with Gasteiger partial charge in [-0.05, 0) is 0 Å². The first-order valence-electron chi connectivity index (χ1n) is 2.68. The molecule has 6 heteroatoms. The summed E-state index contributed by atoms with van der Waals surface area (Å²) in [5, 5.41) is 15.8. The Labute approximate surface area is 60.4 Å².